The number of hydrogen-bond donors (Lipinski definition) is 0. The quantitative estimate of drug-likeness (QED) is 0.381. The lowest BCUT2D eigenvalue weighted by Gasteiger charge is -2.11. The zero-order valence-electron chi connectivity index (χ0n) is 20.2. The van der Waals surface area contributed by atoms with Gasteiger partial charge < -0.3 is 0 Å². The molecule has 0 bridgehead atoms. The normalized spacial score (nSPS) is 22.4. The highest BCUT2D eigenvalue weighted by Gasteiger charge is 2.26. The molecule has 2 atom stereocenters. The number of nitrogens with zero attached hydrogens (tertiary/aromatic N) is 5. The zero-order valence-corrected chi connectivity index (χ0v) is 20.2. The van der Waals surface area contributed by atoms with Gasteiger partial charge in [0.2, 0.25) is 0 Å². The molecular formula is C29H33N5. The first-order valence-electron chi connectivity index (χ1n) is 12.8. The van der Waals surface area contributed by atoms with Crippen molar-refractivity contribution in [2.75, 3.05) is 0 Å². The van der Waals surface area contributed by atoms with Gasteiger partial charge in [-0.15, -0.1) is 0 Å². The molecule has 4 aliphatic rings. The number of pyridine rings is 1. The van der Waals surface area contributed by atoms with Gasteiger partial charge in [0, 0.05) is 0 Å². The summed E-state index contributed by atoms with van der Waals surface area (Å²) in [5.74, 6) is 1.39. The predicted octanol–water partition coefficient (Wildman–Crippen LogP) is 6.37. The molecule has 0 N–H and O–H groups in total. The van der Waals surface area contributed by atoms with E-state index in [1.54, 1.807) is 0 Å². The topological polar surface area (TPSA) is 62.3 Å². The van der Waals surface area contributed by atoms with Crippen molar-refractivity contribution < 1.29 is 0 Å². The minimum atomic E-state index is 0.00344. The number of allylic oxidation sites excluding steroid dienone is 4. The highest BCUT2D eigenvalue weighted by Crippen LogP contribution is 2.24. The van der Waals surface area contributed by atoms with Crippen LogP contribution in [-0.2, 0) is 0 Å². The monoisotopic (exact) mass is 451 g/mol. The second-order valence-electron chi connectivity index (χ2n) is 9.35. The van der Waals surface area contributed by atoms with Crippen LogP contribution in [0.25, 0.3) is 0 Å². The van der Waals surface area contributed by atoms with Gasteiger partial charge in [-0.2, -0.15) is 0 Å². The summed E-state index contributed by atoms with van der Waals surface area (Å²) in [5.41, 5.74) is 6.28. The number of unbranched alkanes of at least 4 members (excludes halogenated alkanes) is 4. The van der Waals surface area contributed by atoms with Crippen LogP contribution in [0.1, 0.15) is 76.6 Å². The Morgan fingerprint density at radius 3 is 1.65 bits per heavy atom. The van der Waals surface area contributed by atoms with E-state index in [1.165, 1.54) is 49.7 Å². The van der Waals surface area contributed by atoms with E-state index in [2.05, 4.69) is 50.3 Å². The highest BCUT2D eigenvalue weighted by atomic mass is 15.1. The summed E-state index contributed by atoms with van der Waals surface area (Å²) in [4.78, 5) is 24.1. The fourth-order valence-electron chi connectivity index (χ4n) is 4.65. The van der Waals surface area contributed by atoms with Gasteiger partial charge in [-0.05, 0) is 61.1 Å². The van der Waals surface area contributed by atoms with E-state index in [9.17, 15) is 0 Å². The Labute approximate surface area is 202 Å². The number of aromatic nitrogens is 1. The molecule has 0 spiro atoms. The van der Waals surface area contributed by atoms with Gasteiger partial charge in [0.1, 0.15) is 23.5 Å². The second-order valence-corrected chi connectivity index (χ2v) is 9.35. The van der Waals surface area contributed by atoms with Gasteiger partial charge in [0.25, 0.3) is 0 Å². The molecule has 5 nitrogen and oxygen atoms in total. The van der Waals surface area contributed by atoms with Gasteiger partial charge in [-0.25, -0.2) is 15.0 Å². The molecule has 0 fully saturated rings. The maximum Gasteiger partial charge on any atom is 0.174 e. The molecule has 0 saturated heterocycles. The van der Waals surface area contributed by atoms with Crippen molar-refractivity contribution in [3.63, 3.8) is 0 Å². The summed E-state index contributed by atoms with van der Waals surface area (Å²) in [5, 5.41) is 0. The highest BCUT2D eigenvalue weighted by molar-refractivity contribution is 6.19. The minimum absolute atomic E-state index is 0.00344. The summed E-state index contributed by atoms with van der Waals surface area (Å²) in [6.45, 7) is 4.47. The number of aliphatic imine (C=N–C) groups is 4. The molecule has 5 heteroatoms. The molecule has 0 radical (unpaired) electrons. The van der Waals surface area contributed by atoms with Crippen molar-refractivity contribution in [2.45, 2.75) is 77.3 Å². The number of hydrogen-bond acceptors (Lipinski definition) is 5. The lowest BCUT2D eigenvalue weighted by atomic mass is 9.98. The Bertz CT molecular complexity index is 1100. The van der Waals surface area contributed by atoms with E-state index in [0.29, 0.717) is 11.7 Å². The first kappa shape index (κ1) is 22.6. The molecule has 0 aromatic carbocycles. The Hall–Kier alpha value is -3.21. The summed E-state index contributed by atoms with van der Waals surface area (Å²) < 4.78 is 0. The standard InChI is InChI=1S/C29H33N5/c1-3-5-7-10-20-14-16-22-26(18-20)33-28(31-22)24-12-9-13-25(30-24)29-32-23-17-15-21(11-8-6-4-2)19-27(23)34-29/h9,12-19,22-23H,3-8,10-11H2,1-2H3. The lowest BCUT2D eigenvalue weighted by Crippen LogP contribution is -2.13. The number of rotatable bonds is 10. The molecule has 0 amide bonds. The molecular weight excluding hydrogens is 418 g/mol. The average Bonchev–Trinajstić information content (AvgIpc) is 3.48. The summed E-state index contributed by atoms with van der Waals surface area (Å²) in [6.07, 6.45) is 22.8. The van der Waals surface area contributed by atoms with Crippen molar-refractivity contribution >= 4 is 23.1 Å². The van der Waals surface area contributed by atoms with Crippen LogP contribution in [0.15, 0.2) is 85.8 Å². The molecule has 1 aromatic rings. The van der Waals surface area contributed by atoms with Crippen LogP contribution in [0.5, 0.6) is 0 Å². The van der Waals surface area contributed by atoms with Crippen molar-refractivity contribution in [3.8, 4) is 0 Å². The fourth-order valence-corrected chi connectivity index (χ4v) is 4.65. The number of amidine groups is 2. The van der Waals surface area contributed by atoms with E-state index < -0.39 is 0 Å². The summed E-state index contributed by atoms with van der Waals surface area (Å²) in [7, 11) is 0. The van der Waals surface area contributed by atoms with Crippen LogP contribution in [0.2, 0.25) is 0 Å². The van der Waals surface area contributed by atoms with Crippen LogP contribution in [0, 0.1) is 0 Å². The summed E-state index contributed by atoms with van der Waals surface area (Å²) in [6, 6.07) is 5.95. The largest absolute Gasteiger partial charge is 0.251 e. The molecule has 5 rings (SSSR count). The van der Waals surface area contributed by atoms with E-state index in [1.807, 2.05) is 18.2 Å². The van der Waals surface area contributed by atoms with Gasteiger partial charge in [-0.3, -0.25) is 9.98 Å². The average molecular weight is 452 g/mol. The van der Waals surface area contributed by atoms with E-state index in [0.717, 1.165) is 35.7 Å². The molecule has 0 saturated carbocycles. The predicted molar refractivity (Wildman–Crippen MR) is 142 cm³/mol. The molecule has 3 heterocycles. The molecule has 2 aliphatic heterocycles. The molecule has 2 unspecified atom stereocenters. The number of fused-ring (bicyclic) bond motifs is 2. The first-order chi connectivity index (χ1) is 16.7. The van der Waals surface area contributed by atoms with Gasteiger partial charge in [-0.1, -0.05) is 69.9 Å². The van der Waals surface area contributed by atoms with Gasteiger partial charge in [0.15, 0.2) is 11.7 Å². The van der Waals surface area contributed by atoms with Crippen LogP contribution >= 0.6 is 0 Å². The molecule has 2 aliphatic carbocycles. The first-order valence-corrected chi connectivity index (χ1v) is 12.8. The van der Waals surface area contributed by atoms with Crippen molar-refractivity contribution in [2.24, 2.45) is 20.0 Å². The van der Waals surface area contributed by atoms with Crippen LogP contribution in [-0.4, -0.2) is 40.2 Å². The lowest BCUT2D eigenvalue weighted by molar-refractivity contribution is 0.718. The minimum Gasteiger partial charge on any atom is -0.251 e. The fraction of sp³-hybridized carbons (Fsp3) is 0.414. The smallest absolute Gasteiger partial charge is 0.174 e. The Morgan fingerprint density at radius 1 is 0.676 bits per heavy atom. The van der Waals surface area contributed by atoms with Gasteiger partial charge in [0.05, 0.1) is 11.4 Å². The van der Waals surface area contributed by atoms with Crippen molar-refractivity contribution in [1.29, 1.82) is 0 Å². The molecule has 34 heavy (non-hydrogen) atoms. The van der Waals surface area contributed by atoms with E-state index in [4.69, 9.17) is 25.0 Å². The Balaban J connectivity index is 1.31. The third-order valence-corrected chi connectivity index (χ3v) is 6.60. The van der Waals surface area contributed by atoms with Crippen molar-refractivity contribution in [3.05, 3.63) is 77.2 Å². The Kier molecular flexibility index (Phi) is 6.89. The van der Waals surface area contributed by atoms with Crippen LogP contribution in [0.4, 0.5) is 0 Å². The van der Waals surface area contributed by atoms with Crippen molar-refractivity contribution in [1.82, 2.24) is 4.98 Å². The maximum absolute atomic E-state index is 4.85. The SMILES string of the molecule is CCCCCC1=CC2=NC(c3cccc(C4=NC5C=CC(CCCCC)=CC5=N4)n3)=NC2C=C1. The second kappa shape index (κ2) is 10.4. The maximum atomic E-state index is 4.85. The van der Waals surface area contributed by atoms with E-state index in [-0.39, 0.29) is 12.1 Å². The third kappa shape index (κ3) is 4.98. The van der Waals surface area contributed by atoms with E-state index >= 15 is 0 Å². The van der Waals surface area contributed by atoms with Gasteiger partial charge >= 0.3 is 0 Å². The molecule has 174 valence electrons. The van der Waals surface area contributed by atoms with Crippen LogP contribution < -0.4 is 0 Å². The third-order valence-electron chi connectivity index (χ3n) is 6.60. The van der Waals surface area contributed by atoms with Crippen LogP contribution in [0.3, 0.4) is 0 Å². The Morgan fingerprint density at radius 2 is 1.18 bits per heavy atom. The molecule has 1 aromatic heterocycles. The zero-order chi connectivity index (χ0) is 23.3. The summed E-state index contributed by atoms with van der Waals surface area (Å²) >= 11 is 0.